The lowest BCUT2D eigenvalue weighted by atomic mass is 9.94. The number of imidazole rings is 1. The number of carbonyl (C=O) groups is 20. The Morgan fingerprint density at radius 2 is 0.899 bits per heavy atom. The average Bonchev–Trinajstić information content (AvgIpc) is 1.66. The monoisotopic (exact) mass is 1800 g/mol. The first kappa shape index (κ1) is 104. The van der Waals surface area contributed by atoms with Crippen LogP contribution in [-0.4, -0.2) is 254 Å². The van der Waals surface area contributed by atoms with E-state index in [0.717, 1.165) is 10.9 Å². The number of nitrogens with one attached hydrogen (secondary N) is 15. The van der Waals surface area contributed by atoms with Crippen LogP contribution in [0.1, 0.15) is 162 Å². The molecule has 21 N–H and O–H groups in total. The van der Waals surface area contributed by atoms with Gasteiger partial charge in [-0.25, -0.2) is 9.78 Å². The molecule has 0 radical (unpaired) electrons. The number of aliphatic carboxylic acids is 5. The maximum Gasteiger partial charge on any atom is 0.326 e. The molecule has 700 valence electrons. The van der Waals surface area contributed by atoms with Gasteiger partial charge in [0, 0.05) is 73.9 Å². The fourth-order valence-electron chi connectivity index (χ4n) is 13.9. The van der Waals surface area contributed by atoms with Crippen LogP contribution >= 0.6 is 0 Å². The number of aromatic nitrogens is 3. The molecule has 0 bridgehead atoms. The third-order valence-corrected chi connectivity index (χ3v) is 21.5. The number of carbonyl (C=O) groups excluding carboxylic acids is 15. The highest BCUT2D eigenvalue weighted by Gasteiger charge is 2.46. The van der Waals surface area contributed by atoms with Gasteiger partial charge in [-0.2, -0.15) is 0 Å². The molecule has 43 heteroatoms. The van der Waals surface area contributed by atoms with E-state index in [0.29, 0.717) is 28.0 Å². The number of likely N-dealkylation sites (tertiary alicyclic amines) is 1. The van der Waals surface area contributed by atoms with Crippen LogP contribution in [0.15, 0.2) is 97.6 Å². The second kappa shape index (κ2) is 49.6. The summed E-state index contributed by atoms with van der Waals surface area (Å²) in [4.78, 5) is 283. The highest BCUT2D eigenvalue weighted by Crippen LogP contribution is 2.25. The van der Waals surface area contributed by atoms with Crippen molar-refractivity contribution in [1.29, 1.82) is 0 Å². The van der Waals surface area contributed by atoms with E-state index in [-0.39, 0.29) is 56.4 Å². The van der Waals surface area contributed by atoms with E-state index in [2.05, 4.69) is 78.8 Å². The summed E-state index contributed by atoms with van der Waals surface area (Å²) in [6.07, 6.45) is -2.43. The van der Waals surface area contributed by atoms with Crippen LogP contribution < -0.4 is 69.1 Å². The molecular weight excluding hydrogens is 1690 g/mol. The van der Waals surface area contributed by atoms with E-state index in [1.54, 1.807) is 102 Å². The highest BCUT2D eigenvalue weighted by molar-refractivity contribution is 6.07. The van der Waals surface area contributed by atoms with Gasteiger partial charge in [-0.05, 0) is 91.7 Å². The van der Waals surface area contributed by atoms with Crippen molar-refractivity contribution in [2.24, 2.45) is 23.7 Å². The molecule has 16 atom stereocenters. The van der Waals surface area contributed by atoms with Gasteiger partial charge in [-0.3, -0.25) is 96.0 Å². The van der Waals surface area contributed by atoms with Gasteiger partial charge in [0.25, 0.3) is 5.91 Å². The molecule has 6 rings (SSSR count). The number of rotatable bonds is 52. The second-order valence-corrected chi connectivity index (χ2v) is 32.5. The number of nitrogens with zero attached hydrogens (tertiary/aromatic N) is 2. The van der Waals surface area contributed by atoms with Crippen LogP contribution in [-0.2, 0) is 122 Å². The summed E-state index contributed by atoms with van der Waals surface area (Å²) in [6, 6.07) is -2.12. The molecule has 2 aromatic heterocycles. The van der Waals surface area contributed by atoms with Crippen LogP contribution in [0.5, 0.6) is 5.75 Å². The summed E-state index contributed by atoms with van der Waals surface area (Å²) in [5.41, 5.74) is 2.42. The lowest BCUT2D eigenvalue weighted by Gasteiger charge is -2.31. The molecular formula is C86H115N17O26. The molecule has 0 saturated carbocycles. The van der Waals surface area contributed by atoms with Gasteiger partial charge in [-0.15, -0.1) is 0 Å². The summed E-state index contributed by atoms with van der Waals surface area (Å²) in [5.74, 6) is -26.1. The number of benzene rings is 3. The number of phenols is 1. The molecule has 1 saturated heterocycles. The molecule has 3 heterocycles. The molecule has 0 unspecified atom stereocenters. The molecule has 0 spiro atoms. The predicted octanol–water partition coefficient (Wildman–Crippen LogP) is -0.715. The van der Waals surface area contributed by atoms with Crippen molar-refractivity contribution in [1.82, 2.24) is 89.0 Å². The summed E-state index contributed by atoms with van der Waals surface area (Å²) in [6.45, 7) is 15.5. The Morgan fingerprint density at radius 1 is 0.442 bits per heavy atom. The number of fused-ring (bicyclic) bond motifs is 1. The minimum Gasteiger partial charge on any atom is -0.508 e. The van der Waals surface area contributed by atoms with Crippen LogP contribution in [0, 0.1) is 23.7 Å². The van der Waals surface area contributed by atoms with Crippen LogP contribution in [0.2, 0.25) is 0 Å². The first-order valence-corrected chi connectivity index (χ1v) is 42.1. The average molecular weight is 1800 g/mol. The Hall–Kier alpha value is -14.2. The Kier molecular flexibility index (Phi) is 39.9. The summed E-state index contributed by atoms with van der Waals surface area (Å²) >= 11 is 0. The van der Waals surface area contributed by atoms with E-state index >= 15 is 0 Å². The normalized spacial score (nSPS) is 15.9. The fourth-order valence-corrected chi connectivity index (χ4v) is 13.9. The number of hydrogen-bond donors (Lipinski definition) is 21. The number of carboxylic acids is 5. The lowest BCUT2D eigenvalue weighted by molar-refractivity contribution is -0.151. The third kappa shape index (κ3) is 32.3. The smallest absolute Gasteiger partial charge is 0.326 e. The number of amides is 15. The predicted molar refractivity (Wildman–Crippen MR) is 457 cm³/mol. The Morgan fingerprint density at radius 3 is 1.46 bits per heavy atom. The number of hydrogen-bond acceptors (Lipinski definition) is 22. The zero-order valence-corrected chi connectivity index (χ0v) is 73.0. The Bertz CT molecular complexity index is 4850. The number of imide groups is 1. The zero-order chi connectivity index (χ0) is 95.8. The van der Waals surface area contributed by atoms with Gasteiger partial charge in [0.15, 0.2) is 0 Å². The number of carboxylic acid groups (broad SMARTS) is 5. The number of aromatic amines is 2. The molecule has 15 amide bonds. The number of phenolic OH excluding ortho intramolecular Hbond substituents is 1. The molecule has 3 aromatic carbocycles. The minimum absolute atomic E-state index is 0.130. The first-order valence-electron chi connectivity index (χ1n) is 42.1. The Balaban J connectivity index is 1.17. The van der Waals surface area contributed by atoms with Gasteiger partial charge in [0.05, 0.1) is 25.6 Å². The molecule has 1 aliphatic heterocycles. The first-order chi connectivity index (χ1) is 60.9. The van der Waals surface area contributed by atoms with Crippen molar-refractivity contribution in [3.05, 3.63) is 120 Å². The van der Waals surface area contributed by atoms with E-state index in [4.69, 9.17) is 5.11 Å². The van der Waals surface area contributed by atoms with Crippen molar-refractivity contribution in [2.45, 2.75) is 250 Å². The second-order valence-electron chi connectivity index (χ2n) is 32.5. The Labute approximate surface area is 741 Å². The van der Waals surface area contributed by atoms with Gasteiger partial charge in [-0.1, -0.05) is 129 Å². The van der Waals surface area contributed by atoms with Gasteiger partial charge in [0.1, 0.15) is 90.3 Å². The number of para-hydroxylation sites is 1. The van der Waals surface area contributed by atoms with Crippen molar-refractivity contribution < 1.29 is 127 Å². The van der Waals surface area contributed by atoms with Gasteiger partial charge >= 0.3 is 29.8 Å². The molecule has 43 nitrogen and oxygen atoms in total. The topological polar surface area (TPSA) is 667 Å². The van der Waals surface area contributed by atoms with E-state index < -0.39 is 272 Å². The SMILES string of the molecule is CC[C@H](C)[C@H](NC(=O)[C@H](CC(=O)O)NC(=O)[C@H](CC(C)C)NC(=O)[C@H](Cc1cnc[nH]1)NC(=O)[C@H](C)NC(=O)[C@H](Cc1ccccc1)NC(=O)[C@H](Cc1ccc(O)cc1)NC(=O)[C@@H](NC(=O)[C@H](C)NC(=O)[C@@H]1CCC(=O)N1C(=O)[C@H](CCC(=O)O)NC(=O)[C@H](CC(=O)O)NC(=O)CCC(=O)O)C(C)C)C(=O)N[C@H](C(=O)N[C@@H](Cc1c[nH]c2ccccc12)C(=O)O)[C@@H](C)CC. The quantitative estimate of drug-likeness (QED) is 0.0228. The maximum absolute atomic E-state index is 15.0. The van der Waals surface area contributed by atoms with E-state index in [1.165, 1.54) is 64.5 Å². The molecule has 129 heavy (non-hydrogen) atoms. The maximum atomic E-state index is 15.0. The van der Waals surface area contributed by atoms with Gasteiger partial charge < -0.3 is 110 Å². The molecule has 0 aliphatic carbocycles. The summed E-state index contributed by atoms with van der Waals surface area (Å²) < 4.78 is 0. The largest absolute Gasteiger partial charge is 0.508 e. The van der Waals surface area contributed by atoms with Crippen molar-refractivity contribution in [3.63, 3.8) is 0 Å². The van der Waals surface area contributed by atoms with Crippen LogP contribution in [0.4, 0.5) is 0 Å². The number of aromatic hydroxyl groups is 1. The molecule has 5 aromatic rings. The zero-order valence-electron chi connectivity index (χ0n) is 73.0. The van der Waals surface area contributed by atoms with Crippen molar-refractivity contribution in [3.8, 4) is 5.75 Å². The van der Waals surface area contributed by atoms with Crippen molar-refractivity contribution >= 4 is 129 Å². The van der Waals surface area contributed by atoms with Crippen LogP contribution in [0.25, 0.3) is 10.9 Å². The van der Waals surface area contributed by atoms with E-state index in [9.17, 15) is 121 Å². The fraction of sp³-hybridized carbons (Fsp3) is 0.500. The highest BCUT2D eigenvalue weighted by atomic mass is 16.4. The van der Waals surface area contributed by atoms with Crippen molar-refractivity contribution in [2.75, 3.05) is 0 Å². The minimum atomic E-state index is -1.95. The summed E-state index contributed by atoms with van der Waals surface area (Å²) in [5, 5.41) is 91.7. The summed E-state index contributed by atoms with van der Waals surface area (Å²) in [7, 11) is 0. The van der Waals surface area contributed by atoms with Crippen LogP contribution in [0.3, 0.4) is 0 Å². The lowest BCUT2D eigenvalue weighted by Crippen LogP contribution is -2.62. The molecule has 1 aliphatic rings. The van der Waals surface area contributed by atoms with E-state index in [1.807, 2.05) is 5.32 Å². The third-order valence-electron chi connectivity index (χ3n) is 21.5. The number of H-pyrrole nitrogens is 2. The van der Waals surface area contributed by atoms with Gasteiger partial charge in [0.2, 0.25) is 82.7 Å². The molecule has 1 fully saturated rings. The standard InChI is InChI=1S/C86H115N17O26/c1-11-44(7)71(83(125)99-62(86(128)129)35-50-39-88-54-21-17-16-20-53(50)54)102-84(126)72(45(8)12-2)101-80(122)61(38-69(113)114)97-76(118)56(32-42(3)4)95-78(120)59(36-51-40-87-41-89-51)94-73(115)46(9)90-75(117)57(33-48-18-14-13-15-19-48)96-77(119)58(34-49-22-24-52(104)25-23-49)98-82(124)70(43(5)6)100-74(116)47(10)91-81(123)63-27-29-65(106)103(63)85(127)55(26-30-66(107)108)93-79(121)60(37-68(111)112)92-64(105)28-31-67(109)110/h13-25,39-47,55-63,70-72,88,104H,11-12,26-38H2,1-10H3,(H,87,89)(H,90,117)(H,91,123)(H,92,105)(H,93,121)(H,94,115)(H,95,120)(H,96,119)(H,97,118)(H,98,124)(H,99,125)(H,100,116)(H,101,122)(H,102,126)(H,107,108)(H,109,110)(H,111,112)(H,113,114)(H,128,129)/t44-,45-,46-,47-,55-,56-,57-,58-,59-,60-,61-,62-,63-,70-,71-,72-/m0/s1.